The summed E-state index contributed by atoms with van der Waals surface area (Å²) in [6.45, 7) is 0. The molecule has 0 atom stereocenters. The summed E-state index contributed by atoms with van der Waals surface area (Å²) in [6.07, 6.45) is 1.80. The molecule has 4 heteroatoms. The van der Waals surface area contributed by atoms with E-state index in [1.807, 2.05) is 33.3 Å². The molecule has 0 saturated carbocycles. The van der Waals surface area contributed by atoms with Gasteiger partial charge in [0.1, 0.15) is 5.82 Å². The van der Waals surface area contributed by atoms with E-state index in [2.05, 4.69) is 22.1 Å². The Kier molecular flexibility index (Phi) is 2.56. The van der Waals surface area contributed by atoms with Gasteiger partial charge >= 0.3 is 0 Å². The molecule has 0 aliphatic heterocycles. The van der Waals surface area contributed by atoms with E-state index in [0.717, 1.165) is 16.8 Å². The normalized spacial score (nSPS) is 10.4. The van der Waals surface area contributed by atoms with Gasteiger partial charge in [0, 0.05) is 38.0 Å². The fourth-order valence-corrected chi connectivity index (χ4v) is 1.75. The van der Waals surface area contributed by atoms with Crippen LogP contribution in [0.15, 0.2) is 30.5 Å². The summed E-state index contributed by atoms with van der Waals surface area (Å²) < 4.78 is 1.68. The first-order valence-corrected chi connectivity index (χ1v) is 5.15. The second-order valence-corrected chi connectivity index (χ2v) is 3.98. The fourth-order valence-electron chi connectivity index (χ4n) is 1.75. The lowest BCUT2D eigenvalue weighted by atomic mass is 10.1. The van der Waals surface area contributed by atoms with Crippen LogP contribution in [0.5, 0.6) is 0 Å². The average molecular weight is 216 g/mol. The molecule has 0 unspecified atom stereocenters. The molecule has 0 amide bonds. The summed E-state index contributed by atoms with van der Waals surface area (Å²) in [6, 6.07) is 8.16. The topological polar surface area (TPSA) is 47.1 Å². The highest BCUT2D eigenvalue weighted by Crippen LogP contribution is 2.32. The van der Waals surface area contributed by atoms with Gasteiger partial charge in [-0.2, -0.15) is 5.10 Å². The van der Waals surface area contributed by atoms with Crippen LogP contribution in [0, 0.1) is 0 Å². The van der Waals surface area contributed by atoms with Crippen LogP contribution in [-0.4, -0.2) is 23.9 Å². The largest absolute Gasteiger partial charge is 0.383 e. The van der Waals surface area contributed by atoms with E-state index in [1.54, 1.807) is 10.9 Å². The maximum absolute atomic E-state index is 5.99. The maximum Gasteiger partial charge on any atom is 0.129 e. The third-order valence-electron chi connectivity index (χ3n) is 2.66. The number of benzene rings is 1. The third-order valence-corrected chi connectivity index (χ3v) is 2.66. The molecule has 84 valence electrons. The van der Waals surface area contributed by atoms with Gasteiger partial charge < -0.3 is 10.6 Å². The van der Waals surface area contributed by atoms with Crippen LogP contribution < -0.4 is 10.6 Å². The minimum atomic E-state index is 0.689. The van der Waals surface area contributed by atoms with Crippen molar-refractivity contribution >= 4 is 11.5 Å². The number of nitrogens with two attached hydrogens (primary N) is 1. The quantitative estimate of drug-likeness (QED) is 0.831. The zero-order chi connectivity index (χ0) is 11.7. The molecule has 2 aromatic rings. The van der Waals surface area contributed by atoms with Gasteiger partial charge in [-0.3, -0.25) is 4.68 Å². The van der Waals surface area contributed by atoms with Crippen LogP contribution in [0.1, 0.15) is 0 Å². The Hall–Kier alpha value is -1.97. The first-order valence-electron chi connectivity index (χ1n) is 5.15. The van der Waals surface area contributed by atoms with Gasteiger partial charge in [-0.25, -0.2) is 0 Å². The highest BCUT2D eigenvalue weighted by atomic mass is 15.3. The number of aromatic nitrogens is 2. The predicted octanol–water partition coefficient (Wildman–Crippen LogP) is 1.74. The number of aryl methyl sites for hydroxylation is 1. The summed E-state index contributed by atoms with van der Waals surface area (Å²) in [7, 11) is 5.88. The Morgan fingerprint density at radius 2 is 1.88 bits per heavy atom. The number of para-hydroxylation sites is 1. The maximum atomic E-state index is 5.99. The lowest BCUT2D eigenvalue weighted by molar-refractivity contribution is 0.779. The second-order valence-electron chi connectivity index (χ2n) is 3.98. The lowest BCUT2D eigenvalue weighted by Gasteiger charge is -2.16. The molecule has 0 spiro atoms. The van der Waals surface area contributed by atoms with Crippen LogP contribution in [0.4, 0.5) is 11.5 Å². The number of hydrogen-bond acceptors (Lipinski definition) is 3. The lowest BCUT2D eigenvalue weighted by Crippen LogP contribution is -2.10. The Morgan fingerprint density at radius 1 is 1.19 bits per heavy atom. The average Bonchev–Trinajstić information content (AvgIpc) is 2.60. The molecular formula is C12H16N4. The number of nitrogens with zero attached hydrogens (tertiary/aromatic N) is 3. The van der Waals surface area contributed by atoms with Crippen LogP contribution in [0.2, 0.25) is 0 Å². The zero-order valence-electron chi connectivity index (χ0n) is 9.81. The number of anilines is 2. The van der Waals surface area contributed by atoms with Crippen molar-refractivity contribution in [3.8, 4) is 11.1 Å². The minimum absolute atomic E-state index is 0.689. The fraction of sp³-hybridized carbons (Fsp3) is 0.250. The van der Waals surface area contributed by atoms with Crippen molar-refractivity contribution < 1.29 is 0 Å². The summed E-state index contributed by atoms with van der Waals surface area (Å²) in [4.78, 5) is 2.07. The van der Waals surface area contributed by atoms with Crippen LogP contribution in [-0.2, 0) is 7.05 Å². The Bertz CT molecular complexity index is 499. The van der Waals surface area contributed by atoms with E-state index in [-0.39, 0.29) is 0 Å². The summed E-state index contributed by atoms with van der Waals surface area (Å²) in [5.74, 6) is 0.689. The van der Waals surface area contributed by atoms with E-state index in [0.29, 0.717) is 5.82 Å². The molecule has 1 aromatic carbocycles. The standard InChI is InChI=1S/C12H16N4/c1-15(2)11-7-5-4-6-9(11)10-8-14-16(3)12(10)13/h4-8H,13H2,1-3H3. The van der Waals surface area contributed by atoms with E-state index >= 15 is 0 Å². The highest BCUT2D eigenvalue weighted by Gasteiger charge is 2.11. The van der Waals surface area contributed by atoms with Crippen molar-refractivity contribution in [1.29, 1.82) is 0 Å². The SMILES string of the molecule is CN(C)c1ccccc1-c1cnn(C)c1N. The minimum Gasteiger partial charge on any atom is -0.383 e. The van der Waals surface area contributed by atoms with Gasteiger partial charge in [-0.15, -0.1) is 0 Å². The van der Waals surface area contributed by atoms with Gasteiger partial charge in [0.05, 0.1) is 6.20 Å². The predicted molar refractivity (Wildman–Crippen MR) is 67.4 cm³/mol. The molecule has 1 heterocycles. The molecule has 0 saturated heterocycles. The summed E-state index contributed by atoms with van der Waals surface area (Å²) in [5, 5.41) is 4.17. The first-order chi connectivity index (χ1) is 7.61. The van der Waals surface area contributed by atoms with E-state index in [4.69, 9.17) is 5.73 Å². The third kappa shape index (κ3) is 1.62. The van der Waals surface area contributed by atoms with Crippen molar-refractivity contribution in [3.05, 3.63) is 30.5 Å². The summed E-state index contributed by atoms with van der Waals surface area (Å²) >= 11 is 0. The highest BCUT2D eigenvalue weighted by molar-refractivity contribution is 5.83. The van der Waals surface area contributed by atoms with Gasteiger partial charge in [0.15, 0.2) is 0 Å². The van der Waals surface area contributed by atoms with Crippen molar-refractivity contribution in [1.82, 2.24) is 9.78 Å². The van der Waals surface area contributed by atoms with E-state index in [9.17, 15) is 0 Å². The molecule has 0 aliphatic carbocycles. The molecule has 0 aliphatic rings. The zero-order valence-corrected chi connectivity index (χ0v) is 9.81. The van der Waals surface area contributed by atoms with Crippen molar-refractivity contribution in [2.45, 2.75) is 0 Å². The van der Waals surface area contributed by atoms with Crippen molar-refractivity contribution in [2.24, 2.45) is 7.05 Å². The molecule has 0 fully saturated rings. The van der Waals surface area contributed by atoms with Gasteiger partial charge in [-0.1, -0.05) is 18.2 Å². The van der Waals surface area contributed by atoms with Crippen LogP contribution in [0.3, 0.4) is 0 Å². The molecule has 0 radical (unpaired) electrons. The monoisotopic (exact) mass is 216 g/mol. The van der Waals surface area contributed by atoms with Gasteiger partial charge in [-0.05, 0) is 6.07 Å². The van der Waals surface area contributed by atoms with Crippen molar-refractivity contribution in [2.75, 3.05) is 24.7 Å². The molecular weight excluding hydrogens is 200 g/mol. The van der Waals surface area contributed by atoms with Crippen LogP contribution in [0.25, 0.3) is 11.1 Å². The van der Waals surface area contributed by atoms with E-state index in [1.165, 1.54) is 0 Å². The van der Waals surface area contributed by atoms with E-state index < -0.39 is 0 Å². The smallest absolute Gasteiger partial charge is 0.129 e. The molecule has 16 heavy (non-hydrogen) atoms. The Balaban J connectivity index is 2.60. The summed E-state index contributed by atoms with van der Waals surface area (Å²) in [5.41, 5.74) is 9.21. The first kappa shape index (κ1) is 10.5. The number of nitrogen functional groups attached to an aromatic ring is 1. The Labute approximate surface area is 95.3 Å². The molecule has 1 aromatic heterocycles. The molecule has 2 N–H and O–H groups in total. The number of rotatable bonds is 2. The van der Waals surface area contributed by atoms with Crippen molar-refractivity contribution in [3.63, 3.8) is 0 Å². The number of hydrogen-bond donors (Lipinski definition) is 1. The molecule has 0 bridgehead atoms. The Morgan fingerprint density at radius 3 is 2.44 bits per heavy atom. The molecule has 4 nitrogen and oxygen atoms in total. The van der Waals surface area contributed by atoms with Gasteiger partial charge in [0.2, 0.25) is 0 Å². The molecule has 2 rings (SSSR count). The second kappa shape index (κ2) is 3.89. The van der Waals surface area contributed by atoms with Crippen LogP contribution >= 0.6 is 0 Å². The van der Waals surface area contributed by atoms with Gasteiger partial charge in [0.25, 0.3) is 0 Å².